The van der Waals surface area contributed by atoms with Crippen LogP contribution in [0.15, 0.2) is 60.9 Å². The smallest absolute Gasteiger partial charge is 0.124 e. The molecule has 0 saturated heterocycles. The third kappa shape index (κ3) is 4.55. The molecule has 0 spiro atoms. The molecule has 0 saturated carbocycles. The van der Waals surface area contributed by atoms with E-state index >= 15 is 0 Å². The molecule has 2 heterocycles. The van der Waals surface area contributed by atoms with Crippen LogP contribution in [0.1, 0.15) is 0 Å². The number of anilines is 3. The number of rotatable bonds is 8. The molecular weight excluding hydrogens is 404 g/mol. The predicted octanol–water partition coefficient (Wildman–Crippen LogP) is 3.65. The first-order valence-electron chi connectivity index (χ1n) is 10.2. The number of nitrogens with two attached hydrogens (primary N) is 1. The van der Waals surface area contributed by atoms with E-state index < -0.39 is 0 Å². The minimum atomic E-state index is 0.471. The van der Waals surface area contributed by atoms with Crippen molar-refractivity contribution in [1.29, 1.82) is 0 Å². The van der Waals surface area contributed by atoms with Crippen LogP contribution in [-0.4, -0.2) is 49.3 Å². The summed E-state index contributed by atoms with van der Waals surface area (Å²) in [7, 11) is 5.23. The highest BCUT2D eigenvalue weighted by Crippen LogP contribution is 2.34. The Morgan fingerprint density at radius 2 is 1.66 bits per heavy atom. The Balaban J connectivity index is 1.78. The summed E-state index contributed by atoms with van der Waals surface area (Å²) in [5, 5.41) is 3.22. The van der Waals surface area contributed by atoms with Crippen molar-refractivity contribution in [2.75, 3.05) is 45.0 Å². The van der Waals surface area contributed by atoms with Crippen molar-refractivity contribution in [3.63, 3.8) is 0 Å². The number of pyridine rings is 1. The fraction of sp³-hybridized carbons (Fsp3) is 0.208. The summed E-state index contributed by atoms with van der Waals surface area (Å²) in [4.78, 5) is 15.8. The molecule has 0 fully saturated rings. The van der Waals surface area contributed by atoms with Crippen molar-refractivity contribution in [3.8, 4) is 22.8 Å². The minimum absolute atomic E-state index is 0.471. The maximum absolute atomic E-state index is 5.71. The third-order valence-electron chi connectivity index (χ3n) is 5.15. The number of methoxy groups -OCH3 is 2. The summed E-state index contributed by atoms with van der Waals surface area (Å²) < 4.78 is 10.9. The fourth-order valence-corrected chi connectivity index (χ4v) is 3.44. The van der Waals surface area contributed by atoms with Crippen LogP contribution in [0.25, 0.3) is 22.3 Å². The molecule has 4 rings (SSSR count). The highest BCUT2D eigenvalue weighted by atomic mass is 16.5. The molecule has 0 atom stereocenters. The predicted molar refractivity (Wildman–Crippen MR) is 128 cm³/mol. The molecule has 0 amide bonds. The van der Waals surface area contributed by atoms with Crippen LogP contribution in [0.5, 0.6) is 11.5 Å². The van der Waals surface area contributed by atoms with Gasteiger partial charge < -0.3 is 25.4 Å². The summed E-state index contributed by atoms with van der Waals surface area (Å²) in [6.45, 7) is 1.54. The Labute approximate surface area is 187 Å². The van der Waals surface area contributed by atoms with Gasteiger partial charge in [-0.05, 0) is 37.4 Å². The largest absolute Gasteiger partial charge is 0.497 e. The first kappa shape index (κ1) is 21.3. The molecular formula is C24H26N6O2. The van der Waals surface area contributed by atoms with Crippen molar-refractivity contribution >= 4 is 28.2 Å². The maximum Gasteiger partial charge on any atom is 0.124 e. The summed E-state index contributed by atoms with van der Waals surface area (Å²) in [6.07, 6.45) is 3.46. The van der Waals surface area contributed by atoms with E-state index in [-0.39, 0.29) is 0 Å². The highest BCUT2D eigenvalue weighted by molar-refractivity contribution is 5.82. The number of hydrogen-bond acceptors (Lipinski definition) is 8. The number of nitrogens with one attached hydrogen (secondary N) is 1. The van der Waals surface area contributed by atoms with Crippen molar-refractivity contribution < 1.29 is 9.47 Å². The normalized spacial score (nSPS) is 10.8. The van der Waals surface area contributed by atoms with E-state index in [1.165, 1.54) is 0 Å². The summed E-state index contributed by atoms with van der Waals surface area (Å²) in [5.41, 5.74) is 10.9. The highest BCUT2D eigenvalue weighted by Gasteiger charge is 2.14. The summed E-state index contributed by atoms with van der Waals surface area (Å²) >= 11 is 0. The average Bonchev–Trinajstić information content (AvgIpc) is 2.84. The zero-order valence-electron chi connectivity index (χ0n) is 18.4. The second-order valence-electron chi connectivity index (χ2n) is 7.23. The number of fused-ring (bicyclic) bond motifs is 1. The topological polar surface area (TPSA) is 98.4 Å². The molecule has 32 heavy (non-hydrogen) atoms. The van der Waals surface area contributed by atoms with Crippen LogP contribution in [0, 0.1) is 0 Å². The van der Waals surface area contributed by atoms with E-state index in [9.17, 15) is 0 Å². The van der Waals surface area contributed by atoms with Crippen molar-refractivity contribution in [2.24, 2.45) is 0 Å². The van der Waals surface area contributed by atoms with Crippen LogP contribution >= 0.6 is 0 Å². The quantitative estimate of drug-likeness (QED) is 0.437. The van der Waals surface area contributed by atoms with Gasteiger partial charge in [-0.3, -0.25) is 4.98 Å². The molecule has 164 valence electrons. The Bertz CT molecular complexity index is 1190. The van der Waals surface area contributed by atoms with E-state index in [2.05, 4.69) is 20.2 Å². The Morgan fingerprint density at radius 1 is 0.875 bits per heavy atom. The molecule has 2 aromatic carbocycles. The Morgan fingerprint density at radius 3 is 2.31 bits per heavy atom. The summed E-state index contributed by atoms with van der Waals surface area (Å²) in [6, 6.07) is 15.6. The van der Waals surface area contributed by atoms with Gasteiger partial charge in [-0.15, -0.1) is 0 Å². The van der Waals surface area contributed by atoms with E-state index in [0.29, 0.717) is 5.82 Å². The lowest BCUT2D eigenvalue weighted by Crippen LogP contribution is -2.26. The molecule has 0 radical (unpaired) electrons. The van der Waals surface area contributed by atoms with Gasteiger partial charge >= 0.3 is 0 Å². The number of aromatic nitrogens is 3. The number of nitrogen functional groups attached to an aromatic ring is 1. The molecule has 0 bridgehead atoms. The second kappa shape index (κ2) is 9.49. The van der Waals surface area contributed by atoms with Crippen LogP contribution < -0.4 is 25.4 Å². The van der Waals surface area contributed by atoms with E-state index in [1.807, 2.05) is 49.5 Å². The zero-order valence-corrected chi connectivity index (χ0v) is 18.4. The van der Waals surface area contributed by atoms with Crippen molar-refractivity contribution in [3.05, 3.63) is 60.9 Å². The van der Waals surface area contributed by atoms with Crippen molar-refractivity contribution in [2.45, 2.75) is 0 Å². The summed E-state index contributed by atoms with van der Waals surface area (Å²) in [5.74, 6) is 1.93. The van der Waals surface area contributed by atoms with Gasteiger partial charge in [-0.25, -0.2) is 9.97 Å². The third-order valence-corrected chi connectivity index (χ3v) is 5.15. The van der Waals surface area contributed by atoms with Gasteiger partial charge in [0, 0.05) is 54.4 Å². The number of benzene rings is 2. The maximum atomic E-state index is 5.71. The average molecular weight is 431 g/mol. The fourth-order valence-electron chi connectivity index (χ4n) is 3.44. The Kier molecular flexibility index (Phi) is 6.32. The van der Waals surface area contributed by atoms with E-state index in [4.69, 9.17) is 20.2 Å². The molecule has 4 aromatic rings. The lowest BCUT2D eigenvalue weighted by atomic mass is 10.1. The van der Waals surface area contributed by atoms with Gasteiger partial charge in [-0.2, -0.15) is 0 Å². The molecule has 8 nitrogen and oxygen atoms in total. The standard InChI is InChI=1S/C24H26N6O2/c1-26-8-9-30(18-10-19(31-2)13-20(11-18)32-3)17-5-6-21-22(12-17)29-23(15-27-21)16-4-7-24(25)28-14-16/h4-7,10-15,26H,8-9H2,1-3H3,(H2,25,28). The number of likely N-dealkylation sites (N-methyl/N-ethyl adjacent to an activating group) is 1. The van der Waals surface area contributed by atoms with Gasteiger partial charge in [0.15, 0.2) is 0 Å². The number of hydrogen-bond donors (Lipinski definition) is 2. The lowest BCUT2D eigenvalue weighted by molar-refractivity contribution is 0.394. The molecule has 8 heteroatoms. The number of ether oxygens (including phenoxy) is 2. The van der Waals surface area contributed by atoms with Crippen LogP contribution in [0.4, 0.5) is 17.2 Å². The first-order chi connectivity index (χ1) is 15.6. The molecule has 0 aliphatic heterocycles. The van der Waals surface area contributed by atoms with E-state index in [0.717, 1.165) is 58.3 Å². The van der Waals surface area contributed by atoms with Gasteiger partial charge in [-0.1, -0.05) is 0 Å². The molecule has 0 aliphatic carbocycles. The second-order valence-corrected chi connectivity index (χ2v) is 7.23. The van der Waals surface area contributed by atoms with Crippen LogP contribution in [0.2, 0.25) is 0 Å². The zero-order chi connectivity index (χ0) is 22.5. The van der Waals surface area contributed by atoms with Crippen molar-refractivity contribution in [1.82, 2.24) is 20.3 Å². The molecule has 0 aliphatic rings. The minimum Gasteiger partial charge on any atom is -0.497 e. The monoisotopic (exact) mass is 430 g/mol. The van der Waals surface area contributed by atoms with Gasteiger partial charge in [0.1, 0.15) is 17.3 Å². The first-order valence-corrected chi connectivity index (χ1v) is 10.2. The van der Waals surface area contributed by atoms with Gasteiger partial charge in [0.05, 0.1) is 37.1 Å². The molecule has 3 N–H and O–H groups in total. The van der Waals surface area contributed by atoms with Gasteiger partial charge in [0.2, 0.25) is 0 Å². The lowest BCUT2D eigenvalue weighted by Gasteiger charge is -2.26. The SMILES string of the molecule is CNCCN(c1cc(OC)cc(OC)c1)c1ccc2ncc(-c3ccc(N)nc3)nc2c1. The molecule has 2 aromatic heterocycles. The Hall–Kier alpha value is -3.91. The van der Waals surface area contributed by atoms with Crippen LogP contribution in [0.3, 0.4) is 0 Å². The van der Waals surface area contributed by atoms with Crippen LogP contribution in [-0.2, 0) is 0 Å². The van der Waals surface area contributed by atoms with E-state index in [1.54, 1.807) is 32.7 Å². The number of nitrogens with zero attached hydrogens (tertiary/aromatic N) is 4. The van der Waals surface area contributed by atoms with Gasteiger partial charge in [0.25, 0.3) is 0 Å². The molecule has 0 unspecified atom stereocenters.